The second kappa shape index (κ2) is 5.91. The van der Waals surface area contributed by atoms with Gasteiger partial charge in [0.05, 0.1) is 6.61 Å². The Kier molecular flexibility index (Phi) is 5.17. The van der Waals surface area contributed by atoms with Crippen LogP contribution in [0.2, 0.25) is 39.3 Å². The van der Waals surface area contributed by atoms with Gasteiger partial charge in [0.1, 0.15) is 5.60 Å². The molecule has 2 nitrogen and oxygen atoms in total. The summed E-state index contributed by atoms with van der Waals surface area (Å²) in [5.74, 6) is 0. The third-order valence-corrected chi connectivity index (χ3v) is 4.77. The van der Waals surface area contributed by atoms with Crippen molar-refractivity contribution in [3.63, 3.8) is 0 Å². The highest BCUT2D eigenvalue weighted by Gasteiger charge is 2.35. The van der Waals surface area contributed by atoms with Gasteiger partial charge >= 0.3 is 0 Å². The highest BCUT2D eigenvalue weighted by molar-refractivity contribution is 6.70. The fourth-order valence-electron chi connectivity index (χ4n) is 1.99. The minimum absolute atomic E-state index is 0.341. The summed E-state index contributed by atoms with van der Waals surface area (Å²) in [4.78, 5) is 0. The summed E-state index contributed by atoms with van der Waals surface area (Å²) in [5, 5.41) is 0. The second-order valence-electron chi connectivity index (χ2n) is 7.21. The van der Waals surface area contributed by atoms with Gasteiger partial charge < -0.3 is 8.85 Å². The number of hydrogen-bond donors (Lipinski definition) is 0. The molecule has 0 bridgehead atoms. The monoisotopic (exact) mass is 296 g/mol. The Bertz CT molecular complexity index is 393. The zero-order valence-corrected chi connectivity index (χ0v) is 15.4. The first-order chi connectivity index (χ1) is 8.52. The van der Waals surface area contributed by atoms with Gasteiger partial charge in [-0.15, -0.1) is 0 Å². The van der Waals surface area contributed by atoms with Crippen molar-refractivity contribution in [1.82, 2.24) is 0 Å². The average Bonchev–Trinajstić information content (AvgIpc) is 2.25. The lowest BCUT2D eigenvalue weighted by Crippen LogP contribution is -2.44. The molecule has 19 heavy (non-hydrogen) atoms. The van der Waals surface area contributed by atoms with Crippen LogP contribution in [0.4, 0.5) is 0 Å². The quantitative estimate of drug-likeness (QED) is 0.714. The van der Waals surface area contributed by atoms with E-state index in [1.165, 1.54) is 5.56 Å². The zero-order chi connectivity index (χ0) is 14.7. The molecule has 1 atom stereocenters. The van der Waals surface area contributed by atoms with E-state index in [1.807, 2.05) is 6.07 Å². The fourth-order valence-corrected chi connectivity index (χ4v) is 4.23. The zero-order valence-electron chi connectivity index (χ0n) is 13.4. The van der Waals surface area contributed by atoms with E-state index >= 15 is 0 Å². The molecule has 4 heteroatoms. The standard InChI is InChI=1S/C15H28O2Si2/c1-15(17-19(5,6)7,13-16-18(2,3)4)14-11-9-8-10-12-14/h8-12H,13H2,1-7H3. The average molecular weight is 297 g/mol. The van der Waals surface area contributed by atoms with Crippen molar-refractivity contribution in [3.05, 3.63) is 35.9 Å². The van der Waals surface area contributed by atoms with Gasteiger partial charge in [0.15, 0.2) is 16.6 Å². The lowest BCUT2D eigenvalue weighted by atomic mass is 9.97. The molecule has 0 aliphatic heterocycles. The van der Waals surface area contributed by atoms with Crippen molar-refractivity contribution in [3.8, 4) is 0 Å². The largest absolute Gasteiger partial charge is 0.414 e. The molecule has 0 fully saturated rings. The molecule has 0 aliphatic carbocycles. The molecule has 0 aromatic heterocycles. The predicted molar refractivity (Wildman–Crippen MR) is 87.5 cm³/mol. The number of benzene rings is 1. The summed E-state index contributed by atoms with van der Waals surface area (Å²) in [6.45, 7) is 16.1. The molecule has 0 saturated heterocycles. The van der Waals surface area contributed by atoms with Crippen LogP contribution in [0.25, 0.3) is 0 Å². The van der Waals surface area contributed by atoms with Crippen LogP contribution in [0.1, 0.15) is 12.5 Å². The van der Waals surface area contributed by atoms with Crippen LogP contribution < -0.4 is 0 Å². The Labute approximate surface area is 120 Å². The normalized spacial score (nSPS) is 16.2. The van der Waals surface area contributed by atoms with Crippen LogP contribution in [0.3, 0.4) is 0 Å². The molecule has 0 N–H and O–H groups in total. The predicted octanol–water partition coefficient (Wildman–Crippen LogP) is 4.60. The van der Waals surface area contributed by atoms with Gasteiger partial charge in [0.2, 0.25) is 0 Å². The maximum absolute atomic E-state index is 6.44. The van der Waals surface area contributed by atoms with Crippen LogP contribution in [0, 0.1) is 0 Å². The van der Waals surface area contributed by atoms with Crippen molar-refractivity contribution < 1.29 is 8.85 Å². The summed E-state index contributed by atoms with van der Waals surface area (Å²) in [7, 11) is -3.18. The molecule has 1 aromatic carbocycles. The molecule has 0 spiro atoms. The van der Waals surface area contributed by atoms with Gasteiger partial charge in [-0.1, -0.05) is 30.3 Å². The molecular formula is C15H28O2Si2. The molecule has 1 aromatic rings. The Balaban J connectivity index is 2.97. The van der Waals surface area contributed by atoms with Crippen LogP contribution in [-0.2, 0) is 14.5 Å². The minimum Gasteiger partial charge on any atom is -0.414 e. The van der Waals surface area contributed by atoms with Crippen LogP contribution in [-0.4, -0.2) is 23.2 Å². The van der Waals surface area contributed by atoms with E-state index in [9.17, 15) is 0 Å². The minimum atomic E-state index is -1.64. The van der Waals surface area contributed by atoms with Crippen molar-refractivity contribution in [2.45, 2.75) is 51.8 Å². The van der Waals surface area contributed by atoms with Crippen molar-refractivity contribution in [1.29, 1.82) is 0 Å². The number of rotatable bonds is 6. The van der Waals surface area contributed by atoms with Crippen LogP contribution in [0.15, 0.2) is 30.3 Å². The van der Waals surface area contributed by atoms with E-state index in [2.05, 4.69) is 70.5 Å². The topological polar surface area (TPSA) is 18.5 Å². The molecule has 1 unspecified atom stereocenters. The molecule has 108 valence electrons. The Hall–Kier alpha value is -0.426. The maximum Gasteiger partial charge on any atom is 0.185 e. The van der Waals surface area contributed by atoms with Crippen molar-refractivity contribution >= 4 is 16.6 Å². The Morgan fingerprint density at radius 3 is 1.84 bits per heavy atom. The van der Waals surface area contributed by atoms with Gasteiger partial charge in [-0.25, -0.2) is 0 Å². The summed E-state index contributed by atoms with van der Waals surface area (Å²) in [6, 6.07) is 10.4. The van der Waals surface area contributed by atoms with Crippen molar-refractivity contribution in [2.24, 2.45) is 0 Å². The van der Waals surface area contributed by atoms with Gasteiger partial charge in [0, 0.05) is 0 Å². The van der Waals surface area contributed by atoms with Crippen LogP contribution in [0.5, 0.6) is 0 Å². The first kappa shape index (κ1) is 16.6. The van der Waals surface area contributed by atoms with Gasteiger partial charge in [0.25, 0.3) is 0 Å². The third-order valence-electron chi connectivity index (χ3n) is 2.70. The van der Waals surface area contributed by atoms with Gasteiger partial charge in [-0.05, 0) is 51.8 Å². The van der Waals surface area contributed by atoms with E-state index in [-0.39, 0.29) is 5.60 Å². The number of hydrogen-bond acceptors (Lipinski definition) is 2. The lowest BCUT2D eigenvalue weighted by Gasteiger charge is -2.38. The highest BCUT2D eigenvalue weighted by Crippen LogP contribution is 2.30. The summed E-state index contributed by atoms with van der Waals surface area (Å²) in [6.07, 6.45) is 0. The molecule has 0 radical (unpaired) electrons. The van der Waals surface area contributed by atoms with E-state index < -0.39 is 16.6 Å². The third kappa shape index (κ3) is 6.04. The SMILES string of the molecule is CC(CO[Si](C)(C)C)(O[Si](C)(C)C)c1ccccc1. The van der Waals surface area contributed by atoms with Gasteiger partial charge in [-0.2, -0.15) is 0 Å². The molecule has 0 aliphatic rings. The maximum atomic E-state index is 6.44. The Morgan fingerprint density at radius 2 is 1.42 bits per heavy atom. The first-order valence-corrected chi connectivity index (χ1v) is 13.7. The fraction of sp³-hybridized carbons (Fsp3) is 0.600. The van der Waals surface area contributed by atoms with E-state index in [4.69, 9.17) is 8.85 Å². The Morgan fingerprint density at radius 1 is 0.895 bits per heavy atom. The second-order valence-corrected chi connectivity index (χ2v) is 16.2. The molecule has 1 rings (SSSR count). The summed E-state index contributed by atoms with van der Waals surface area (Å²) in [5.41, 5.74) is 0.863. The van der Waals surface area contributed by atoms with Crippen LogP contribution >= 0.6 is 0 Å². The first-order valence-electron chi connectivity index (χ1n) is 6.92. The van der Waals surface area contributed by atoms with E-state index in [0.29, 0.717) is 6.61 Å². The van der Waals surface area contributed by atoms with E-state index in [0.717, 1.165) is 0 Å². The summed E-state index contributed by atoms with van der Waals surface area (Å²) < 4.78 is 12.6. The molecular weight excluding hydrogens is 268 g/mol. The lowest BCUT2D eigenvalue weighted by molar-refractivity contribution is 0.0220. The summed E-state index contributed by atoms with van der Waals surface area (Å²) >= 11 is 0. The van der Waals surface area contributed by atoms with Crippen molar-refractivity contribution in [2.75, 3.05) is 6.61 Å². The highest BCUT2D eigenvalue weighted by atomic mass is 28.4. The molecule has 0 amide bonds. The molecule has 0 saturated carbocycles. The smallest absolute Gasteiger partial charge is 0.185 e. The van der Waals surface area contributed by atoms with Gasteiger partial charge in [-0.3, -0.25) is 0 Å². The van der Waals surface area contributed by atoms with E-state index in [1.54, 1.807) is 0 Å². The molecule has 0 heterocycles.